The van der Waals surface area contributed by atoms with Crippen LogP contribution in [-0.2, 0) is 17.9 Å². The van der Waals surface area contributed by atoms with E-state index in [2.05, 4.69) is 40.2 Å². The van der Waals surface area contributed by atoms with Crippen LogP contribution in [0, 0.1) is 0 Å². The fourth-order valence-electron chi connectivity index (χ4n) is 3.95. The predicted octanol–water partition coefficient (Wildman–Crippen LogP) is 5.18. The molecule has 6 heteroatoms. The summed E-state index contributed by atoms with van der Waals surface area (Å²) in [6.07, 6.45) is 0.678. The first-order chi connectivity index (χ1) is 16.1. The van der Waals surface area contributed by atoms with Crippen LogP contribution in [0.15, 0.2) is 72.4 Å². The van der Waals surface area contributed by atoms with Crippen LogP contribution in [0.25, 0.3) is 5.57 Å². The van der Waals surface area contributed by atoms with E-state index in [1.807, 2.05) is 43.3 Å². The molecule has 0 saturated carbocycles. The van der Waals surface area contributed by atoms with Crippen LogP contribution in [-0.4, -0.2) is 20.1 Å². The number of methoxy groups -OCH3 is 2. The number of fused-ring (bicyclic) bond motifs is 1. The average Bonchev–Trinajstić information content (AvgIpc) is 3.17. The highest BCUT2D eigenvalue weighted by Gasteiger charge is 2.29. The van der Waals surface area contributed by atoms with Crippen molar-refractivity contribution in [3.05, 3.63) is 89.1 Å². The smallest absolute Gasteiger partial charge is 0.258 e. The van der Waals surface area contributed by atoms with Gasteiger partial charge in [0.1, 0.15) is 0 Å². The van der Waals surface area contributed by atoms with Crippen molar-refractivity contribution in [3.8, 4) is 11.5 Å². The van der Waals surface area contributed by atoms with Crippen LogP contribution in [0.5, 0.6) is 11.5 Å². The summed E-state index contributed by atoms with van der Waals surface area (Å²) in [4.78, 5) is 12.8. The highest BCUT2D eigenvalue weighted by atomic mass is 16.5. The minimum atomic E-state index is -0.133. The number of carbonyl (C=O) groups excluding carboxylic acids is 1. The first-order valence-corrected chi connectivity index (χ1v) is 11.0. The zero-order chi connectivity index (χ0) is 23.2. The minimum Gasteiger partial charge on any atom is -0.493 e. The SMILES string of the molecule is CC/C(Nc1ccc(CNCc2ccccc2)cc1)=C1/C(=O)Nc2cc(OC)c(OC)cc21. The van der Waals surface area contributed by atoms with Gasteiger partial charge in [0.2, 0.25) is 0 Å². The number of hydrogen-bond donors (Lipinski definition) is 3. The van der Waals surface area contributed by atoms with Crippen molar-refractivity contribution in [2.24, 2.45) is 0 Å². The van der Waals surface area contributed by atoms with Gasteiger partial charge in [-0.25, -0.2) is 0 Å². The van der Waals surface area contributed by atoms with E-state index >= 15 is 0 Å². The second-order valence-corrected chi connectivity index (χ2v) is 7.83. The molecule has 1 heterocycles. The largest absolute Gasteiger partial charge is 0.493 e. The Balaban J connectivity index is 1.49. The number of amides is 1. The molecule has 0 saturated heterocycles. The van der Waals surface area contributed by atoms with E-state index < -0.39 is 0 Å². The van der Waals surface area contributed by atoms with Gasteiger partial charge in [-0.15, -0.1) is 0 Å². The third kappa shape index (κ3) is 5.02. The summed E-state index contributed by atoms with van der Waals surface area (Å²) in [6, 6.07) is 22.3. The monoisotopic (exact) mass is 443 g/mol. The number of benzene rings is 3. The molecule has 170 valence electrons. The van der Waals surface area contributed by atoms with Crippen molar-refractivity contribution < 1.29 is 14.3 Å². The standard InChI is InChI=1S/C27H29N3O3/c1-4-22(26-21-14-24(32-2)25(33-3)15-23(21)30-27(26)31)29-20-12-10-19(11-13-20)17-28-16-18-8-6-5-7-9-18/h5-15,28-29H,4,16-17H2,1-3H3,(H,30,31)/b26-22-. The molecular formula is C27H29N3O3. The number of rotatable bonds is 9. The Morgan fingerprint density at radius 1 is 0.879 bits per heavy atom. The van der Waals surface area contributed by atoms with Crippen molar-refractivity contribution in [2.45, 2.75) is 26.4 Å². The molecular weight excluding hydrogens is 414 g/mol. The summed E-state index contributed by atoms with van der Waals surface area (Å²) < 4.78 is 10.8. The number of nitrogens with one attached hydrogen (secondary N) is 3. The normalized spacial score (nSPS) is 13.8. The zero-order valence-electron chi connectivity index (χ0n) is 19.2. The molecule has 1 aliphatic rings. The Morgan fingerprint density at radius 3 is 2.15 bits per heavy atom. The lowest BCUT2D eigenvalue weighted by atomic mass is 10.0. The van der Waals surface area contributed by atoms with Crippen molar-refractivity contribution in [1.29, 1.82) is 0 Å². The molecule has 6 nitrogen and oxygen atoms in total. The molecule has 0 unspecified atom stereocenters. The first kappa shape index (κ1) is 22.4. The maximum atomic E-state index is 12.8. The molecule has 0 spiro atoms. The van der Waals surface area contributed by atoms with E-state index in [0.29, 0.717) is 23.5 Å². The van der Waals surface area contributed by atoms with Gasteiger partial charge in [-0.1, -0.05) is 49.4 Å². The molecule has 3 N–H and O–H groups in total. The van der Waals surface area contributed by atoms with Crippen LogP contribution >= 0.6 is 0 Å². The summed E-state index contributed by atoms with van der Waals surface area (Å²) in [5.41, 5.74) is 6.41. The number of carbonyl (C=O) groups is 1. The van der Waals surface area contributed by atoms with Crippen molar-refractivity contribution in [1.82, 2.24) is 5.32 Å². The minimum absolute atomic E-state index is 0.133. The van der Waals surface area contributed by atoms with Gasteiger partial charge in [0.15, 0.2) is 11.5 Å². The van der Waals surface area contributed by atoms with E-state index in [0.717, 1.165) is 35.7 Å². The van der Waals surface area contributed by atoms with Crippen molar-refractivity contribution >= 4 is 22.9 Å². The molecule has 4 rings (SSSR count). The third-order valence-electron chi connectivity index (χ3n) is 5.67. The molecule has 0 fully saturated rings. The summed E-state index contributed by atoms with van der Waals surface area (Å²) in [6.45, 7) is 3.65. The Hall–Kier alpha value is -3.77. The van der Waals surface area contributed by atoms with Gasteiger partial charge in [-0.05, 0) is 35.7 Å². The van der Waals surface area contributed by atoms with Gasteiger partial charge in [0.25, 0.3) is 5.91 Å². The lowest BCUT2D eigenvalue weighted by Gasteiger charge is -2.14. The van der Waals surface area contributed by atoms with Crippen LogP contribution < -0.4 is 25.4 Å². The van der Waals surface area contributed by atoms with E-state index in [4.69, 9.17) is 9.47 Å². The zero-order valence-corrected chi connectivity index (χ0v) is 19.2. The van der Waals surface area contributed by atoms with E-state index in [1.54, 1.807) is 20.3 Å². The number of ether oxygens (including phenoxy) is 2. The second kappa shape index (κ2) is 10.2. The van der Waals surface area contributed by atoms with E-state index in [9.17, 15) is 4.79 Å². The summed E-state index contributed by atoms with van der Waals surface area (Å²) in [7, 11) is 3.17. The van der Waals surface area contributed by atoms with Crippen LogP contribution in [0.4, 0.5) is 11.4 Å². The van der Waals surface area contributed by atoms with Gasteiger partial charge in [0, 0.05) is 36.1 Å². The van der Waals surface area contributed by atoms with Crippen LogP contribution in [0.2, 0.25) is 0 Å². The molecule has 0 radical (unpaired) electrons. The van der Waals surface area contributed by atoms with E-state index in [1.165, 1.54) is 11.1 Å². The van der Waals surface area contributed by atoms with Crippen molar-refractivity contribution in [3.63, 3.8) is 0 Å². The predicted molar refractivity (Wildman–Crippen MR) is 132 cm³/mol. The number of anilines is 2. The highest BCUT2D eigenvalue weighted by molar-refractivity contribution is 6.32. The number of allylic oxidation sites excluding steroid dienone is 1. The molecule has 0 aromatic heterocycles. The fourth-order valence-corrected chi connectivity index (χ4v) is 3.95. The third-order valence-corrected chi connectivity index (χ3v) is 5.67. The lowest BCUT2D eigenvalue weighted by molar-refractivity contribution is -0.110. The highest BCUT2D eigenvalue weighted by Crippen LogP contribution is 2.42. The topological polar surface area (TPSA) is 71.6 Å². The summed E-state index contributed by atoms with van der Waals surface area (Å²) in [5, 5.41) is 9.85. The lowest BCUT2D eigenvalue weighted by Crippen LogP contribution is -2.12. The molecule has 0 atom stereocenters. The van der Waals surface area contributed by atoms with Crippen LogP contribution in [0.1, 0.15) is 30.0 Å². The molecule has 3 aromatic rings. The van der Waals surface area contributed by atoms with Gasteiger partial charge in [0.05, 0.1) is 25.5 Å². The Labute approximate surface area is 194 Å². The molecule has 1 aliphatic heterocycles. The summed E-state index contributed by atoms with van der Waals surface area (Å²) >= 11 is 0. The molecule has 1 amide bonds. The van der Waals surface area contributed by atoms with Gasteiger partial charge < -0.3 is 25.4 Å². The second-order valence-electron chi connectivity index (χ2n) is 7.83. The van der Waals surface area contributed by atoms with Crippen LogP contribution in [0.3, 0.4) is 0 Å². The van der Waals surface area contributed by atoms with E-state index in [-0.39, 0.29) is 5.91 Å². The van der Waals surface area contributed by atoms with Gasteiger partial charge in [-0.2, -0.15) is 0 Å². The Kier molecular flexibility index (Phi) is 6.95. The Bertz CT molecular complexity index is 1160. The first-order valence-electron chi connectivity index (χ1n) is 11.0. The quantitative estimate of drug-likeness (QED) is 0.398. The molecule has 33 heavy (non-hydrogen) atoms. The number of hydrogen-bond acceptors (Lipinski definition) is 5. The average molecular weight is 444 g/mol. The maximum Gasteiger partial charge on any atom is 0.258 e. The molecule has 0 aliphatic carbocycles. The maximum absolute atomic E-state index is 12.8. The molecule has 0 bridgehead atoms. The Morgan fingerprint density at radius 2 is 1.52 bits per heavy atom. The van der Waals surface area contributed by atoms with Gasteiger partial charge >= 0.3 is 0 Å². The fraction of sp³-hybridized carbons (Fsp3) is 0.222. The summed E-state index contributed by atoms with van der Waals surface area (Å²) in [5.74, 6) is 1.04. The van der Waals surface area contributed by atoms with Crippen molar-refractivity contribution in [2.75, 3.05) is 24.9 Å². The molecule has 3 aromatic carbocycles. The van der Waals surface area contributed by atoms with Gasteiger partial charge in [-0.3, -0.25) is 4.79 Å².